The van der Waals surface area contributed by atoms with Crippen LogP contribution in [0.4, 0.5) is 9.18 Å². The van der Waals surface area contributed by atoms with Crippen molar-refractivity contribution < 1.29 is 28.9 Å². The minimum Gasteiger partial charge on any atom is -0.393 e. The van der Waals surface area contributed by atoms with E-state index in [-0.39, 0.29) is 47.3 Å². The average molecular weight is 671 g/mol. The maximum absolute atomic E-state index is 14.9. The van der Waals surface area contributed by atoms with Gasteiger partial charge >= 0.3 is 6.03 Å². The molecule has 0 spiro atoms. The standard InChI is InChI=1S/C38H52ClFN2O5/c1-25(2)41-36(45)42(19-8-20-47-5)24-38(46)18-16-32-29-15-13-27(21-28(43)14-12-26(3)9-7-17-37(32,38)4)22-30(29)35(44)23-31-33(39)10-6-11-34(31)40/h6,9-11,13,15,22,25,28,32,43,46H,7-8,12,14,16-21,23-24H2,1-5H3,(H,41,45). The molecule has 3 aliphatic rings. The summed E-state index contributed by atoms with van der Waals surface area (Å²) in [5.74, 6) is -1.01. The number of halogens is 2. The van der Waals surface area contributed by atoms with Gasteiger partial charge in [-0.1, -0.05) is 48.4 Å². The lowest BCUT2D eigenvalue weighted by molar-refractivity contribution is -0.0775. The predicted molar refractivity (Wildman–Crippen MR) is 185 cm³/mol. The highest BCUT2D eigenvalue weighted by atomic mass is 35.5. The number of rotatable bonds is 10. The summed E-state index contributed by atoms with van der Waals surface area (Å²) in [6.07, 6.45) is 6.14. The van der Waals surface area contributed by atoms with Crippen molar-refractivity contribution in [3.63, 3.8) is 0 Å². The number of allylic oxidation sites excluding steroid dienone is 2. The van der Waals surface area contributed by atoms with E-state index < -0.39 is 22.9 Å². The Balaban J connectivity index is 1.80. The first kappa shape index (κ1) is 37.0. The average Bonchev–Trinajstić information content (AvgIpc) is 3.26. The number of ether oxygens (including phenoxy) is 1. The Bertz CT molecular complexity index is 1430. The molecule has 0 saturated heterocycles. The number of aliphatic hydroxyl groups excluding tert-OH is 1. The van der Waals surface area contributed by atoms with Crippen molar-refractivity contribution in [2.45, 2.75) is 109 Å². The van der Waals surface area contributed by atoms with E-state index in [9.17, 15) is 24.2 Å². The number of Topliss-reactive ketones (excluding diaryl/α,β-unsaturated/α-hetero) is 1. The molecule has 2 aromatic carbocycles. The number of amides is 2. The van der Waals surface area contributed by atoms with Gasteiger partial charge in [-0.3, -0.25) is 4.79 Å². The zero-order valence-corrected chi connectivity index (χ0v) is 29.3. The number of urea groups is 1. The van der Waals surface area contributed by atoms with E-state index in [1.807, 2.05) is 32.0 Å². The van der Waals surface area contributed by atoms with Gasteiger partial charge in [-0.2, -0.15) is 0 Å². The molecule has 0 radical (unpaired) electrons. The summed E-state index contributed by atoms with van der Waals surface area (Å²) >= 11 is 6.35. The first-order chi connectivity index (χ1) is 22.3. The third-order valence-corrected chi connectivity index (χ3v) is 10.7. The van der Waals surface area contributed by atoms with Gasteiger partial charge in [0.1, 0.15) is 5.82 Å². The van der Waals surface area contributed by atoms with Gasteiger partial charge in [0.2, 0.25) is 0 Å². The zero-order valence-electron chi connectivity index (χ0n) is 28.6. The SMILES string of the molecule is COCCCN(CC1(O)CCC2c3ccc(cc3C(=O)Cc3c(F)cccc3Cl)CC(O)CCC(C)=CCCC21C)C(=O)NC(C)C. The second-order valence-corrected chi connectivity index (χ2v) is 14.5. The fraction of sp³-hybridized carbons (Fsp3) is 0.579. The van der Waals surface area contributed by atoms with Gasteiger partial charge < -0.3 is 25.2 Å². The van der Waals surface area contributed by atoms with Crippen molar-refractivity contribution in [3.8, 4) is 0 Å². The van der Waals surface area contributed by atoms with E-state index in [4.69, 9.17) is 16.3 Å². The highest BCUT2D eigenvalue weighted by Gasteiger charge is 2.57. The summed E-state index contributed by atoms with van der Waals surface area (Å²) in [7, 11) is 1.63. The molecular formula is C38H52ClFN2O5. The van der Waals surface area contributed by atoms with Gasteiger partial charge in [0, 0.05) is 54.3 Å². The molecule has 9 heteroatoms. The second-order valence-electron chi connectivity index (χ2n) is 14.1. The minimum absolute atomic E-state index is 0.0648. The summed E-state index contributed by atoms with van der Waals surface area (Å²) in [4.78, 5) is 29.2. The van der Waals surface area contributed by atoms with Gasteiger partial charge in [0.25, 0.3) is 0 Å². The van der Waals surface area contributed by atoms with Gasteiger partial charge in [-0.15, -0.1) is 0 Å². The number of aliphatic hydroxyl groups is 2. The third-order valence-electron chi connectivity index (χ3n) is 10.3. The molecule has 7 nitrogen and oxygen atoms in total. The van der Waals surface area contributed by atoms with E-state index in [2.05, 4.69) is 25.2 Å². The van der Waals surface area contributed by atoms with Crippen LogP contribution < -0.4 is 5.32 Å². The Kier molecular flexibility index (Phi) is 12.7. The number of hydrogen-bond acceptors (Lipinski definition) is 5. The number of methoxy groups -OCH3 is 1. The third kappa shape index (κ3) is 8.83. The van der Waals surface area contributed by atoms with Crippen molar-refractivity contribution in [1.82, 2.24) is 10.2 Å². The van der Waals surface area contributed by atoms with E-state index in [0.717, 1.165) is 17.5 Å². The lowest BCUT2D eigenvalue weighted by Gasteiger charge is -2.46. The lowest BCUT2D eigenvalue weighted by Crippen LogP contribution is -2.56. The number of ketones is 1. The molecule has 0 aromatic heterocycles. The van der Waals surface area contributed by atoms with Crippen LogP contribution in [0.1, 0.15) is 106 Å². The van der Waals surface area contributed by atoms with Crippen LogP contribution in [0.5, 0.6) is 0 Å². The quantitative estimate of drug-likeness (QED) is 0.139. The number of carbonyl (C=O) groups excluding carboxylic acids is 2. The Hall–Kier alpha value is -2.78. The largest absolute Gasteiger partial charge is 0.393 e. The van der Waals surface area contributed by atoms with Gasteiger partial charge in [-0.05, 0) is 107 Å². The highest BCUT2D eigenvalue weighted by molar-refractivity contribution is 6.31. The molecule has 258 valence electrons. The number of nitrogens with one attached hydrogen (secondary N) is 1. The molecule has 0 heterocycles. The first-order valence-corrected chi connectivity index (χ1v) is 17.3. The molecule has 47 heavy (non-hydrogen) atoms. The molecule has 1 saturated carbocycles. The van der Waals surface area contributed by atoms with Crippen molar-refractivity contribution in [2.24, 2.45) is 5.41 Å². The predicted octanol–water partition coefficient (Wildman–Crippen LogP) is 7.40. The Morgan fingerprint density at radius 2 is 1.96 bits per heavy atom. The number of benzene rings is 2. The van der Waals surface area contributed by atoms with Crippen LogP contribution in [-0.4, -0.2) is 71.5 Å². The van der Waals surface area contributed by atoms with Crippen LogP contribution in [0.2, 0.25) is 5.02 Å². The molecule has 1 fully saturated rings. The van der Waals surface area contributed by atoms with Gasteiger partial charge in [-0.25, -0.2) is 9.18 Å². The zero-order chi connectivity index (χ0) is 34.4. The van der Waals surface area contributed by atoms with E-state index in [0.29, 0.717) is 63.7 Å². The molecular weight excluding hydrogens is 619 g/mol. The topological polar surface area (TPSA) is 99.1 Å². The Morgan fingerprint density at radius 3 is 2.66 bits per heavy atom. The molecule has 0 aliphatic heterocycles. The lowest BCUT2D eigenvalue weighted by atomic mass is 9.64. The van der Waals surface area contributed by atoms with Gasteiger partial charge in [0.05, 0.1) is 18.2 Å². The van der Waals surface area contributed by atoms with Crippen LogP contribution in [0.25, 0.3) is 0 Å². The maximum atomic E-state index is 14.9. The molecule has 4 unspecified atom stereocenters. The summed E-state index contributed by atoms with van der Waals surface area (Å²) in [6, 6.07) is 9.87. The second kappa shape index (κ2) is 16.1. The summed E-state index contributed by atoms with van der Waals surface area (Å²) in [5, 5.41) is 26.8. The summed E-state index contributed by atoms with van der Waals surface area (Å²) in [6.45, 7) is 9.05. The first-order valence-electron chi connectivity index (χ1n) is 17.0. The molecule has 3 N–H and O–H groups in total. The monoisotopic (exact) mass is 670 g/mol. The van der Waals surface area contributed by atoms with Crippen LogP contribution >= 0.6 is 11.6 Å². The van der Waals surface area contributed by atoms with Crippen LogP contribution in [0.15, 0.2) is 48.0 Å². The van der Waals surface area contributed by atoms with Crippen molar-refractivity contribution >= 4 is 23.4 Å². The molecule has 3 aliphatic carbocycles. The molecule has 2 amide bonds. The molecule has 2 aromatic rings. The van der Waals surface area contributed by atoms with Crippen LogP contribution in [-0.2, 0) is 17.6 Å². The van der Waals surface area contributed by atoms with Gasteiger partial charge in [0.15, 0.2) is 5.78 Å². The van der Waals surface area contributed by atoms with E-state index in [1.54, 1.807) is 18.1 Å². The maximum Gasteiger partial charge on any atom is 0.317 e. The summed E-state index contributed by atoms with van der Waals surface area (Å²) in [5.41, 5.74) is 1.47. The van der Waals surface area contributed by atoms with Crippen LogP contribution in [0, 0.1) is 11.2 Å². The van der Waals surface area contributed by atoms with Crippen molar-refractivity contribution in [2.75, 3.05) is 26.8 Å². The van der Waals surface area contributed by atoms with Crippen molar-refractivity contribution in [3.05, 3.63) is 81.1 Å². The molecule has 5 rings (SSSR count). The van der Waals surface area contributed by atoms with Crippen molar-refractivity contribution in [1.29, 1.82) is 0 Å². The highest BCUT2D eigenvalue weighted by Crippen LogP contribution is 2.58. The Labute approximate surface area is 284 Å². The molecule has 2 bridgehead atoms. The smallest absolute Gasteiger partial charge is 0.317 e. The minimum atomic E-state index is -1.25. The Morgan fingerprint density at radius 1 is 1.19 bits per heavy atom. The number of hydrogen-bond donors (Lipinski definition) is 3. The fourth-order valence-corrected chi connectivity index (χ4v) is 7.73. The normalized spacial score (nSPS) is 24.9. The summed E-state index contributed by atoms with van der Waals surface area (Å²) < 4.78 is 20.1. The number of fused-ring (bicyclic) bond motifs is 8. The fourth-order valence-electron chi connectivity index (χ4n) is 7.50. The number of nitrogens with zero attached hydrogens (tertiary/aromatic N) is 1. The van der Waals surface area contributed by atoms with E-state index in [1.165, 1.54) is 17.7 Å². The number of carbonyl (C=O) groups is 2. The van der Waals surface area contributed by atoms with Crippen LogP contribution in [0.3, 0.4) is 0 Å². The van der Waals surface area contributed by atoms with E-state index >= 15 is 0 Å². The molecule has 4 atom stereocenters.